The van der Waals surface area contributed by atoms with Gasteiger partial charge in [0.05, 0.1) is 6.61 Å². The van der Waals surface area contributed by atoms with Gasteiger partial charge in [-0.15, -0.1) is 0 Å². The molecule has 1 unspecified atom stereocenters. The Kier molecular flexibility index (Phi) is 3.45. The molecule has 0 aromatic rings. The zero-order valence-electron chi connectivity index (χ0n) is 9.35. The van der Waals surface area contributed by atoms with Crippen LogP contribution in [0.15, 0.2) is 0 Å². The van der Waals surface area contributed by atoms with Crippen LogP contribution in [0, 0.1) is 0 Å². The maximum atomic E-state index is 5.47. The van der Waals surface area contributed by atoms with E-state index in [0.717, 1.165) is 19.3 Å². The molecule has 1 aliphatic carbocycles. The van der Waals surface area contributed by atoms with Crippen molar-refractivity contribution in [3.8, 4) is 0 Å². The molecule has 0 radical (unpaired) electrons. The van der Waals surface area contributed by atoms with Crippen LogP contribution >= 0.6 is 0 Å². The molecule has 1 atom stereocenters. The fraction of sp³-hybridized carbons (Fsp3) is 1.00. The molecule has 14 heavy (non-hydrogen) atoms. The van der Waals surface area contributed by atoms with Crippen LogP contribution in [0.3, 0.4) is 0 Å². The lowest BCUT2D eigenvalue weighted by molar-refractivity contribution is 0.165. The van der Waals surface area contributed by atoms with Crippen LogP contribution in [0.1, 0.15) is 51.9 Å². The molecule has 2 nitrogen and oxygen atoms in total. The molecule has 82 valence electrons. The van der Waals surface area contributed by atoms with Gasteiger partial charge in [-0.1, -0.05) is 25.7 Å². The zero-order valence-corrected chi connectivity index (χ0v) is 9.35. The molecule has 2 fully saturated rings. The van der Waals surface area contributed by atoms with E-state index in [1.807, 2.05) is 0 Å². The highest BCUT2D eigenvalue weighted by Crippen LogP contribution is 2.23. The molecular formula is C12H23NO. The fourth-order valence-corrected chi connectivity index (χ4v) is 2.70. The second kappa shape index (κ2) is 4.63. The van der Waals surface area contributed by atoms with Gasteiger partial charge < -0.3 is 10.1 Å². The summed E-state index contributed by atoms with van der Waals surface area (Å²) < 4.78 is 5.47. The van der Waals surface area contributed by atoms with E-state index in [2.05, 4.69) is 12.2 Å². The number of hydrogen-bond acceptors (Lipinski definition) is 2. The van der Waals surface area contributed by atoms with Crippen LogP contribution in [-0.4, -0.2) is 24.8 Å². The van der Waals surface area contributed by atoms with Crippen molar-refractivity contribution in [1.29, 1.82) is 0 Å². The van der Waals surface area contributed by atoms with E-state index in [9.17, 15) is 0 Å². The molecule has 1 aliphatic heterocycles. The third-order valence-electron chi connectivity index (χ3n) is 3.63. The summed E-state index contributed by atoms with van der Waals surface area (Å²) in [6.45, 7) is 4.16. The largest absolute Gasteiger partial charge is 0.379 e. The van der Waals surface area contributed by atoms with Crippen LogP contribution in [-0.2, 0) is 4.74 Å². The molecule has 0 aromatic heterocycles. The van der Waals surface area contributed by atoms with Gasteiger partial charge in [-0.2, -0.15) is 0 Å². The molecule has 0 bridgehead atoms. The second-order valence-electron chi connectivity index (χ2n) is 5.20. The molecule has 2 aliphatic rings. The number of hydrogen-bond donors (Lipinski definition) is 1. The van der Waals surface area contributed by atoms with E-state index in [1.165, 1.54) is 44.9 Å². The Morgan fingerprint density at radius 1 is 1.14 bits per heavy atom. The van der Waals surface area contributed by atoms with Crippen molar-refractivity contribution in [2.45, 2.75) is 63.5 Å². The smallest absolute Gasteiger partial charge is 0.0646 e. The van der Waals surface area contributed by atoms with Gasteiger partial charge in [-0.3, -0.25) is 0 Å². The highest BCUT2D eigenvalue weighted by molar-refractivity contribution is 4.90. The number of rotatable bonds is 2. The predicted octanol–water partition coefficient (Wildman–Crippen LogP) is 2.48. The van der Waals surface area contributed by atoms with Crippen molar-refractivity contribution in [2.75, 3.05) is 13.2 Å². The van der Waals surface area contributed by atoms with Gasteiger partial charge in [0.15, 0.2) is 0 Å². The zero-order chi connectivity index (χ0) is 9.86. The lowest BCUT2D eigenvalue weighted by Gasteiger charge is -2.29. The third kappa shape index (κ3) is 2.71. The van der Waals surface area contributed by atoms with Crippen LogP contribution in [0.4, 0.5) is 0 Å². The molecule has 1 saturated heterocycles. The van der Waals surface area contributed by atoms with Crippen LogP contribution in [0.5, 0.6) is 0 Å². The van der Waals surface area contributed by atoms with E-state index in [0.29, 0.717) is 0 Å². The maximum absolute atomic E-state index is 5.47. The first-order valence-electron chi connectivity index (χ1n) is 6.14. The summed E-state index contributed by atoms with van der Waals surface area (Å²) in [5.74, 6) is 0. The number of nitrogens with one attached hydrogen (secondary N) is 1. The van der Waals surface area contributed by atoms with Gasteiger partial charge >= 0.3 is 0 Å². The van der Waals surface area contributed by atoms with Crippen molar-refractivity contribution in [2.24, 2.45) is 0 Å². The Morgan fingerprint density at radius 2 is 1.86 bits per heavy atom. The van der Waals surface area contributed by atoms with Crippen molar-refractivity contribution >= 4 is 0 Å². The third-order valence-corrected chi connectivity index (χ3v) is 3.63. The topological polar surface area (TPSA) is 21.3 Å². The molecule has 2 rings (SSSR count). The Balaban J connectivity index is 1.82. The summed E-state index contributed by atoms with van der Waals surface area (Å²) in [7, 11) is 0. The minimum absolute atomic E-state index is 0.273. The average Bonchev–Trinajstić information content (AvgIpc) is 2.43. The van der Waals surface area contributed by atoms with Gasteiger partial charge in [0, 0.05) is 18.2 Å². The SMILES string of the molecule is CC1(NC2CCCCCC2)CCOC1. The lowest BCUT2D eigenvalue weighted by atomic mass is 9.98. The Labute approximate surface area is 87.4 Å². The minimum atomic E-state index is 0.273. The molecule has 2 heteroatoms. The Morgan fingerprint density at radius 3 is 2.43 bits per heavy atom. The van der Waals surface area contributed by atoms with E-state index in [4.69, 9.17) is 4.74 Å². The van der Waals surface area contributed by atoms with Crippen LogP contribution in [0.2, 0.25) is 0 Å². The van der Waals surface area contributed by atoms with Crippen molar-refractivity contribution in [1.82, 2.24) is 5.32 Å². The summed E-state index contributed by atoms with van der Waals surface area (Å²) in [6, 6.07) is 0.754. The molecule has 1 saturated carbocycles. The maximum Gasteiger partial charge on any atom is 0.0646 e. The monoisotopic (exact) mass is 197 g/mol. The van der Waals surface area contributed by atoms with E-state index in [1.54, 1.807) is 0 Å². The Bertz CT molecular complexity index is 167. The number of ether oxygens (including phenoxy) is 1. The normalized spacial score (nSPS) is 35.8. The standard InChI is InChI=1S/C12H23NO/c1-12(8-9-14-10-12)13-11-6-4-2-3-5-7-11/h11,13H,2-10H2,1H3. The second-order valence-corrected chi connectivity index (χ2v) is 5.20. The van der Waals surface area contributed by atoms with E-state index < -0.39 is 0 Å². The quantitative estimate of drug-likeness (QED) is 0.687. The van der Waals surface area contributed by atoms with Gasteiger partial charge in [-0.05, 0) is 26.2 Å². The van der Waals surface area contributed by atoms with Gasteiger partial charge in [0.2, 0.25) is 0 Å². The summed E-state index contributed by atoms with van der Waals surface area (Å²) in [5, 5.41) is 3.81. The van der Waals surface area contributed by atoms with Crippen LogP contribution < -0.4 is 5.32 Å². The molecule has 1 heterocycles. The lowest BCUT2D eigenvalue weighted by Crippen LogP contribution is -2.48. The molecule has 0 amide bonds. The molecular weight excluding hydrogens is 174 g/mol. The van der Waals surface area contributed by atoms with Gasteiger partial charge in [0.25, 0.3) is 0 Å². The summed E-state index contributed by atoms with van der Waals surface area (Å²) >= 11 is 0. The van der Waals surface area contributed by atoms with Crippen LogP contribution in [0.25, 0.3) is 0 Å². The van der Waals surface area contributed by atoms with Gasteiger partial charge in [-0.25, -0.2) is 0 Å². The first kappa shape index (κ1) is 10.4. The summed E-state index contributed by atoms with van der Waals surface area (Å²) in [4.78, 5) is 0. The highest BCUT2D eigenvalue weighted by atomic mass is 16.5. The molecule has 0 aromatic carbocycles. The Hall–Kier alpha value is -0.0800. The van der Waals surface area contributed by atoms with E-state index in [-0.39, 0.29) is 5.54 Å². The minimum Gasteiger partial charge on any atom is -0.379 e. The van der Waals surface area contributed by atoms with E-state index >= 15 is 0 Å². The van der Waals surface area contributed by atoms with Gasteiger partial charge in [0.1, 0.15) is 0 Å². The first-order valence-corrected chi connectivity index (χ1v) is 6.14. The first-order chi connectivity index (χ1) is 6.79. The van der Waals surface area contributed by atoms with Crippen molar-refractivity contribution in [3.05, 3.63) is 0 Å². The molecule has 1 N–H and O–H groups in total. The fourth-order valence-electron chi connectivity index (χ4n) is 2.70. The van der Waals surface area contributed by atoms with Crippen molar-refractivity contribution in [3.63, 3.8) is 0 Å². The highest BCUT2D eigenvalue weighted by Gasteiger charge is 2.31. The summed E-state index contributed by atoms with van der Waals surface area (Å²) in [5.41, 5.74) is 0.273. The molecule has 0 spiro atoms. The average molecular weight is 197 g/mol. The summed E-state index contributed by atoms with van der Waals surface area (Å²) in [6.07, 6.45) is 9.62. The predicted molar refractivity (Wildman–Crippen MR) is 58.5 cm³/mol. The van der Waals surface area contributed by atoms with Crippen molar-refractivity contribution < 1.29 is 4.74 Å².